The van der Waals surface area contributed by atoms with Crippen molar-refractivity contribution in [2.75, 3.05) is 6.54 Å². The van der Waals surface area contributed by atoms with Crippen LogP contribution in [0.1, 0.15) is 31.0 Å². The maximum atomic E-state index is 12.8. The van der Waals surface area contributed by atoms with E-state index < -0.39 is 23.4 Å². The van der Waals surface area contributed by atoms with Gasteiger partial charge >= 0.3 is 6.03 Å². The van der Waals surface area contributed by atoms with Crippen LogP contribution in [-0.2, 0) is 15.1 Å². The van der Waals surface area contributed by atoms with Gasteiger partial charge in [-0.25, -0.2) is 4.79 Å². The molecule has 1 fully saturated rings. The first-order valence-electron chi connectivity index (χ1n) is 8.82. The fourth-order valence-corrected chi connectivity index (χ4v) is 3.21. The van der Waals surface area contributed by atoms with E-state index in [9.17, 15) is 14.4 Å². The lowest BCUT2D eigenvalue weighted by molar-refractivity contribution is -0.138. The van der Waals surface area contributed by atoms with Crippen LogP contribution in [0.2, 0.25) is 5.02 Å². The van der Waals surface area contributed by atoms with Crippen LogP contribution in [0, 0.1) is 0 Å². The zero-order chi connectivity index (χ0) is 20.3. The number of hydrogen-bond acceptors (Lipinski definition) is 4. The molecule has 1 heterocycles. The summed E-state index contributed by atoms with van der Waals surface area (Å²) in [6, 6.07) is 15.4. The smallest absolute Gasteiger partial charge is 0.318 e. The summed E-state index contributed by atoms with van der Waals surface area (Å²) in [6.07, 6.45) is 0. The van der Waals surface area contributed by atoms with Crippen molar-refractivity contribution in [2.24, 2.45) is 0 Å². The number of carbonyl (C=O) groups excluding carboxylic acids is 3. The van der Waals surface area contributed by atoms with E-state index in [1.165, 1.54) is 0 Å². The number of hydrazine groups is 1. The molecular formula is C20H21ClN4O3. The van der Waals surface area contributed by atoms with Gasteiger partial charge in [-0.15, -0.1) is 0 Å². The van der Waals surface area contributed by atoms with Crippen LogP contribution < -0.4 is 16.1 Å². The second kappa shape index (κ2) is 8.00. The number of nitrogens with zero attached hydrogens (tertiary/aromatic N) is 1. The van der Waals surface area contributed by atoms with Crippen LogP contribution >= 0.6 is 11.6 Å². The molecule has 2 aromatic rings. The lowest BCUT2D eigenvalue weighted by atomic mass is 9.92. The van der Waals surface area contributed by atoms with Crippen molar-refractivity contribution in [3.63, 3.8) is 0 Å². The van der Waals surface area contributed by atoms with Crippen molar-refractivity contribution in [2.45, 2.75) is 25.4 Å². The average Bonchev–Trinajstić information content (AvgIpc) is 2.91. The Labute approximate surface area is 168 Å². The van der Waals surface area contributed by atoms with Crippen molar-refractivity contribution < 1.29 is 14.4 Å². The molecule has 2 atom stereocenters. The predicted molar refractivity (Wildman–Crippen MR) is 105 cm³/mol. The Hall–Kier alpha value is -2.90. The molecule has 0 aliphatic carbocycles. The van der Waals surface area contributed by atoms with Gasteiger partial charge in [0.1, 0.15) is 5.54 Å². The SMILES string of the molecule is C[C@H](NCC(=O)NN1C(=O)N[C@](C)(c2ccccc2)C1=O)c1cccc(Cl)c1. The number of carbonyl (C=O) groups is 3. The molecule has 0 bridgehead atoms. The van der Waals surface area contributed by atoms with E-state index in [1.54, 1.807) is 43.3 Å². The second-order valence-electron chi connectivity index (χ2n) is 6.75. The zero-order valence-corrected chi connectivity index (χ0v) is 16.3. The number of benzene rings is 2. The highest BCUT2D eigenvalue weighted by Crippen LogP contribution is 2.27. The molecule has 4 amide bonds. The van der Waals surface area contributed by atoms with Gasteiger partial charge < -0.3 is 10.6 Å². The van der Waals surface area contributed by atoms with E-state index in [2.05, 4.69) is 16.1 Å². The monoisotopic (exact) mass is 400 g/mol. The fraction of sp³-hybridized carbons (Fsp3) is 0.250. The number of hydrogen-bond donors (Lipinski definition) is 3. The highest BCUT2D eigenvalue weighted by molar-refractivity contribution is 6.30. The third kappa shape index (κ3) is 4.00. The minimum Gasteiger partial charge on any atom is -0.318 e. The highest BCUT2D eigenvalue weighted by Gasteiger charge is 2.49. The molecular weight excluding hydrogens is 380 g/mol. The van der Waals surface area contributed by atoms with E-state index in [1.807, 2.05) is 25.1 Å². The Balaban J connectivity index is 1.61. The lowest BCUT2D eigenvalue weighted by Crippen LogP contribution is -2.50. The molecule has 28 heavy (non-hydrogen) atoms. The normalized spacial score (nSPS) is 20.0. The molecule has 1 saturated heterocycles. The van der Waals surface area contributed by atoms with E-state index in [4.69, 9.17) is 11.6 Å². The lowest BCUT2D eigenvalue weighted by Gasteiger charge is -2.22. The topological polar surface area (TPSA) is 90.5 Å². The summed E-state index contributed by atoms with van der Waals surface area (Å²) in [4.78, 5) is 37.3. The maximum Gasteiger partial charge on any atom is 0.344 e. The van der Waals surface area contributed by atoms with Crippen molar-refractivity contribution in [3.05, 3.63) is 70.7 Å². The molecule has 2 aromatic carbocycles. The third-order valence-electron chi connectivity index (χ3n) is 4.70. The summed E-state index contributed by atoms with van der Waals surface area (Å²) in [5.41, 5.74) is 2.70. The van der Waals surface area contributed by atoms with Crippen molar-refractivity contribution in [3.8, 4) is 0 Å². The summed E-state index contributed by atoms with van der Waals surface area (Å²) < 4.78 is 0. The largest absolute Gasteiger partial charge is 0.344 e. The number of rotatable bonds is 6. The molecule has 3 rings (SSSR count). The Morgan fingerprint density at radius 3 is 2.57 bits per heavy atom. The van der Waals surface area contributed by atoms with Crippen LogP contribution in [0.15, 0.2) is 54.6 Å². The molecule has 0 spiro atoms. The van der Waals surface area contributed by atoms with Gasteiger partial charge in [-0.05, 0) is 37.1 Å². The molecule has 0 unspecified atom stereocenters. The number of imide groups is 1. The standard InChI is InChI=1S/C20H21ClN4O3/c1-13(14-7-6-10-16(21)11-14)22-12-17(26)24-25-18(27)20(2,23-19(25)28)15-8-4-3-5-9-15/h3-11,13,22H,12H2,1-2H3,(H,23,28)(H,24,26)/t13-,20+/m0/s1. The first-order chi connectivity index (χ1) is 13.3. The molecule has 0 radical (unpaired) electrons. The number of halogens is 1. The zero-order valence-electron chi connectivity index (χ0n) is 15.5. The van der Waals surface area contributed by atoms with Crippen LogP contribution in [-0.4, -0.2) is 29.4 Å². The van der Waals surface area contributed by atoms with Crippen molar-refractivity contribution >= 4 is 29.4 Å². The Morgan fingerprint density at radius 2 is 1.89 bits per heavy atom. The van der Waals surface area contributed by atoms with E-state index in [0.717, 1.165) is 10.6 Å². The minimum atomic E-state index is -1.23. The molecule has 146 valence electrons. The number of amides is 4. The van der Waals surface area contributed by atoms with Gasteiger partial charge in [-0.2, -0.15) is 5.01 Å². The van der Waals surface area contributed by atoms with Crippen LogP contribution in [0.25, 0.3) is 0 Å². The molecule has 3 N–H and O–H groups in total. The third-order valence-corrected chi connectivity index (χ3v) is 4.93. The van der Waals surface area contributed by atoms with Crippen LogP contribution in [0.4, 0.5) is 4.79 Å². The van der Waals surface area contributed by atoms with Gasteiger partial charge in [0.15, 0.2) is 0 Å². The average molecular weight is 401 g/mol. The summed E-state index contributed by atoms with van der Waals surface area (Å²) in [7, 11) is 0. The minimum absolute atomic E-state index is 0.0766. The van der Waals surface area contributed by atoms with Gasteiger partial charge in [0, 0.05) is 11.1 Å². The quantitative estimate of drug-likeness (QED) is 0.650. The van der Waals surface area contributed by atoms with Gasteiger partial charge in [-0.1, -0.05) is 54.1 Å². The van der Waals surface area contributed by atoms with Crippen LogP contribution in [0.3, 0.4) is 0 Å². The molecule has 0 saturated carbocycles. The predicted octanol–water partition coefficient (Wildman–Crippen LogP) is 2.49. The Bertz CT molecular complexity index is 905. The first kappa shape index (κ1) is 19.9. The molecule has 7 nitrogen and oxygen atoms in total. The van der Waals surface area contributed by atoms with E-state index in [-0.39, 0.29) is 12.6 Å². The number of nitrogens with one attached hydrogen (secondary N) is 3. The van der Waals surface area contributed by atoms with Gasteiger partial charge in [-0.3, -0.25) is 15.0 Å². The van der Waals surface area contributed by atoms with E-state index in [0.29, 0.717) is 10.6 Å². The second-order valence-corrected chi connectivity index (χ2v) is 7.19. The maximum absolute atomic E-state index is 12.8. The number of urea groups is 1. The molecule has 0 aromatic heterocycles. The van der Waals surface area contributed by atoms with E-state index >= 15 is 0 Å². The highest BCUT2D eigenvalue weighted by atomic mass is 35.5. The Morgan fingerprint density at radius 1 is 1.18 bits per heavy atom. The van der Waals surface area contributed by atoms with Gasteiger partial charge in [0.25, 0.3) is 11.8 Å². The van der Waals surface area contributed by atoms with Gasteiger partial charge in [0.2, 0.25) is 0 Å². The Kier molecular flexibility index (Phi) is 5.67. The molecule has 1 aliphatic heterocycles. The van der Waals surface area contributed by atoms with Gasteiger partial charge in [0.05, 0.1) is 6.54 Å². The summed E-state index contributed by atoms with van der Waals surface area (Å²) >= 11 is 5.98. The first-order valence-corrected chi connectivity index (χ1v) is 9.19. The van der Waals surface area contributed by atoms with Crippen LogP contribution in [0.5, 0.6) is 0 Å². The summed E-state index contributed by atoms with van der Waals surface area (Å²) in [5.74, 6) is -1.05. The van der Waals surface area contributed by atoms with Crippen molar-refractivity contribution in [1.29, 1.82) is 0 Å². The molecule has 1 aliphatic rings. The van der Waals surface area contributed by atoms with Crippen molar-refractivity contribution in [1.82, 2.24) is 21.1 Å². The summed E-state index contributed by atoms with van der Waals surface area (Å²) in [5, 5.41) is 7.01. The molecule has 8 heteroatoms. The summed E-state index contributed by atoms with van der Waals surface area (Å²) in [6.45, 7) is 3.42. The fourth-order valence-electron chi connectivity index (χ4n) is 3.01.